The third-order valence-electron chi connectivity index (χ3n) is 1.56. The van der Waals surface area contributed by atoms with E-state index in [4.69, 9.17) is 4.55 Å². The zero-order valence-electron chi connectivity index (χ0n) is 9.02. The Morgan fingerprint density at radius 2 is 1.80 bits per heavy atom. The van der Waals surface area contributed by atoms with E-state index >= 15 is 0 Å². The Kier molecular flexibility index (Phi) is 4.24. The molecule has 0 amide bonds. The van der Waals surface area contributed by atoms with Gasteiger partial charge in [-0.15, -0.1) is 0 Å². The average molecular weight is 242 g/mol. The van der Waals surface area contributed by atoms with Gasteiger partial charge in [0.15, 0.2) is 0 Å². The Labute approximate surface area is 88.4 Å². The van der Waals surface area contributed by atoms with Crippen LogP contribution in [0.5, 0.6) is 0 Å². The lowest BCUT2D eigenvalue weighted by molar-refractivity contribution is -0.159. The molecule has 5 nitrogen and oxygen atoms in total. The van der Waals surface area contributed by atoms with Gasteiger partial charge in [0.25, 0.3) is 5.50 Å². The van der Waals surface area contributed by atoms with E-state index in [1.807, 2.05) is 0 Å². The van der Waals surface area contributed by atoms with Crippen LogP contribution in [0.3, 0.4) is 0 Å². The lowest BCUT2D eigenvalue weighted by Crippen LogP contribution is -2.35. The molecule has 0 aromatic rings. The summed E-state index contributed by atoms with van der Waals surface area (Å²) in [5, 5.41) is 0. The maximum absolute atomic E-state index is 12.9. The third-order valence-corrected chi connectivity index (χ3v) is 2.51. The smallest absolute Gasteiger partial charge is 0.311 e. The quantitative estimate of drug-likeness (QED) is 0.593. The van der Waals surface area contributed by atoms with Crippen LogP contribution >= 0.6 is 0 Å². The lowest BCUT2D eigenvalue weighted by atomic mass is 9.97. The highest BCUT2D eigenvalue weighted by Crippen LogP contribution is 2.19. The minimum atomic E-state index is -4.84. The minimum absolute atomic E-state index is 0.735. The van der Waals surface area contributed by atoms with Crippen molar-refractivity contribution in [2.75, 3.05) is 0 Å². The van der Waals surface area contributed by atoms with Crippen molar-refractivity contribution >= 4 is 16.1 Å². The number of rotatable bonds is 3. The molecule has 0 bridgehead atoms. The molecule has 0 radical (unpaired) electrons. The number of hydrogen-bond donors (Lipinski definition) is 1. The van der Waals surface area contributed by atoms with Gasteiger partial charge in [0, 0.05) is 0 Å². The van der Waals surface area contributed by atoms with Crippen LogP contribution < -0.4 is 0 Å². The zero-order valence-corrected chi connectivity index (χ0v) is 9.84. The fourth-order valence-corrected chi connectivity index (χ4v) is 1.18. The normalized spacial score (nSPS) is 16.9. The van der Waals surface area contributed by atoms with E-state index in [-0.39, 0.29) is 0 Å². The third kappa shape index (κ3) is 4.57. The van der Waals surface area contributed by atoms with E-state index in [1.165, 1.54) is 0 Å². The van der Waals surface area contributed by atoms with Crippen LogP contribution in [0, 0.1) is 5.41 Å². The molecule has 1 N–H and O–H groups in total. The molecule has 0 aliphatic heterocycles. The predicted octanol–water partition coefficient (Wildman–Crippen LogP) is 1.15. The molecule has 0 heterocycles. The van der Waals surface area contributed by atoms with E-state index in [2.05, 4.69) is 4.74 Å². The highest BCUT2D eigenvalue weighted by atomic mass is 32.2. The first-order valence-corrected chi connectivity index (χ1v) is 5.78. The van der Waals surface area contributed by atoms with E-state index in [0.717, 1.165) is 6.92 Å². The molecule has 0 aromatic heterocycles. The fraction of sp³-hybridized carbons (Fsp3) is 0.875. The van der Waals surface area contributed by atoms with Gasteiger partial charge in [0.2, 0.25) is 0 Å². The molecule has 0 fully saturated rings. The second-order valence-corrected chi connectivity index (χ2v) is 5.71. The molecular weight excluding hydrogens is 227 g/mol. The number of halogens is 1. The molecule has 0 spiro atoms. The van der Waals surface area contributed by atoms with Crippen LogP contribution in [-0.4, -0.2) is 30.5 Å². The summed E-state index contributed by atoms with van der Waals surface area (Å²) in [6, 6.07) is 0. The molecule has 0 saturated heterocycles. The Morgan fingerprint density at radius 1 is 1.40 bits per heavy atom. The number of esters is 1. The van der Waals surface area contributed by atoms with Crippen molar-refractivity contribution in [3.05, 3.63) is 0 Å². The Morgan fingerprint density at radius 3 is 2.07 bits per heavy atom. The van der Waals surface area contributed by atoms with Gasteiger partial charge >= 0.3 is 16.1 Å². The van der Waals surface area contributed by atoms with Gasteiger partial charge in [-0.2, -0.15) is 8.42 Å². The molecule has 7 heteroatoms. The first kappa shape index (κ1) is 14.3. The zero-order chi connectivity index (χ0) is 12.4. The lowest BCUT2D eigenvalue weighted by Gasteiger charge is -2.21. The topological polar surface area (TPSA) is 80.7 Å². The van der Waals surface area contributed by atoms with Gasteiger partial charge in [-0.05, 0) is 27.7 Å². The van der Waals surface area contributed by atoms with Crippen molar-refractivity contribution in [3.63, 3.8) is 0 Å². The maximum Gasteiger partial charge on any atom is 0.311 e. The first-order valence-electron chi connectivity index (χ1n) is 4.27. The summed E-state index contributed by atoms with van der Waals surface area (Å²) >= 11 is 0. The molecule has 90 valence electrons. The summed E-state index contributed by atoms with van der Waals surface area (Å²) in [5.74, 6) is -0.735. The molecule has 0 aliphatic rings. The molecule has 0 aliphatic carbocycles. The maximum atomic E-state index is 12.9. The Hall–Kier alpha value is -0.690. The van der Waals surface area contributed by atoms with Crippen molar-refractivity contribution in [2.24, 2.45) is 5.41 Å². The summed E-state index contributed by atoms with van der Waals surface area (Å²) in [5.41, 5.74) is -3.48. The van der Waals surface area contributed by atoms with Crippen molar-refractivity contribution < 1.29 is 26.9 Å². The number of ether oxygens (including phenoxy) is 1. The van der Waals surface area contributed by atoms with Crippen molar-refractivity contribution in [2.45, 2.75) is 39.3 Å². The number of carbonyl (C=O) groups excluding carboxylic acids is 1. The highest BCUT2D eigenvalue weighted by molar-refractivity contribution is 7.86. The van der Waals surface area contributed by atoms with Crippen molar-refractivity contribution in [1.29, 1.82) is 0 Å². The monoisotopic (exact) mass is 242 g/mol. The van der Waals surface area contributed by atoms with Crippen LogP contribution in [0.15, 0.2) is 0 Å². The molecule has 0 saturated carbocycles. The SMILES string of the molecule is CC(OC(=O)C(C)(C)C)C(F)S(=O)(=O)O. The summed E-state index contributed by atoms with van der Waals surface area (Å²) < 4.78 is 46.7. The van der Waals surface area contributed by atoms with Gasteiger partial charge < -0.3 is 4.74 Å². The van der Waals surface area contributed by atoms with Gasteiger partial charge in [-0.3, -0.25) is 9.35 Å². The molecule has 2 atom stereocenters. The van der Waals surface area contributed by atoms with E-state index in [0.29, 0.717) is 0 Å². The summed E-state index contributed by atoms with van der Waals surface area (Å²) in [6.07, 6.45) is -1.54. The fourth-order valence-electron chi connectivity index (χ4n) is 0.641. The standard InChI is InChI=1S/C8H15FO5S/c1-5(6(9)15(11,12)13)14-7(10)8(2,3)4/h5-6H,1-4H3,(H,11,12,13). The largest absolute Gasteiger partial charge is 0.458 e. The van der Waals surface area contributed by atoms with Gasteiger partial charge in [0.05, 0.1) is 5.41 Å². The van der Waals surface area contributed by atoms with Crippen molar-refractivity contribution in [3.8, 4) is 0 Å². The minimum Gasteiger partial charge on any atom is -0.458 e. The Bertz CT molecular complexity index is 329. The first-order chi connectivity index (χ1) is 6.46. The van der Waals surface area contributed by atoms with Gasteiger partial charge in [0.1, 0.15) is 6.10 Å². The van der Waals surface area contributed by atoms with E-state index < -0.39 is 33.1 Å². The number of carbonyl (C=O) groups is 1. The Balaban J connectivity index is 4.53. The van der Waals surface area contributed by atoms with Crippen LogP contribution in [0.4, 0.5) is 4.39 Å². The molecule has 2 unspecified atom stereocenters. The van der Waals surface area contributed by atoms with E-state index in [1.54, 1.807) is 20.8 Å². The second-order valence-electron chi connectivity index (χ2n) is 4.23. The predicted molar refractivity (Wildman–Crippen MR) is 51.5 cm³/mol. The summed E-state index contributed by atoms with van der Waals surface area (Å²) in [7, 11) is -4.84. The van der Waals surface area contributed by atoms with Crippen LogP contribution in [0.25, 0.3) is 0 Å². The molecule has 0 aromatic carbocycles. The molecule has 15 heavy (non-hydrogen) atoms. The second kappa shape index (κ2) is 4.44. The van der Waals surface area contributed by atoms with Gasteiger partial charge in [-0.25, -0.2) is 4.39 Å². The number of hydrogen-bond acceptors (Lipinski definition) is 4. The molecular formula is C8H15FO5S. The summed E-state index contributed by atoms with van der Waals surface area (Å²) in [4.78, 5) is 11.2. The highest BCUT2D eigenvalue weighted by Gasteiger charge is 2.34. The van der Waals surface area contributed by atoms with Gasteiger partial charge in [-0.1, -0.05) is 0 Å². The molecule has 0 rings (SSSR count). The van der Waals surface area contributed by atoms with Crippen LogP contribution in [-0.2, 0) is 19.6 Å². The van der Waals surface area contributed by atoms with Crippen LogP contribution in [0.2, 0.25) is 0 Å². The van der Waals surface area contributed by atoms with E-state index in [9.17, 15) is 17.6 Å². The number of alkyl halides is 1. The summed E-state index contributed by atoms with van der Waals surface area (Å²) in [6.45, 7) is 5.69. The van der Waals surface area contributed by atoms with Crippen LogP contribution in [0.1, 0.15) is 27.7 Å². The average Bonchev–Trinajstić information content (AvgIpc) is 1.99. The van der Waals surface area contributed by atoms with Crippen molar-refractivity contribution in [1.82, 2.24) is 0 Å².